The molecule has 1 aromatic rings. The van der Waals surface area contributed by atoms with Gasteiger partial charge in [-0.2, -0.15) is 0 Å². The van der Waals surface area contributed by atoms with Crippen molar-refractivity contribution in [2.75, 3.05) is 20.8 Å². The van der Waals surface area contributed by atoms with Crippen LogP contribution in [-0.4, -0.2) is 32.7 Å². The van der Waals surface area contributed by atoms with Crippen molar-refractivity contribution < 1.29 is 19.2 Å². The summed E-state index contributed by atoms with van der Waals surface area (Å²) in [6, 6.07) is 5.83. The number of carbonyl (C=O) groups excluding carboxylic acids is 1. The van der Waals surface area contributed by atoms with E-state index in [9.17, 15) is 4.79 Å². The number of rotatable bonds is 5. The van der Waals surface area contributed by atoms with E-state index in [1.54, 1.807) is 14.2 Å². The highest BCUT2D eigenvalue weighted by atomic mass is 16.5. The second kappa shape index (κ2) is 6.13. The second-order valence-corrected chi connectivity index (χ2v) is 5.25. The van der Waals surface area contributed by atoms with Crippen LogP contribution in [0.15, 0.2) is 18.2 Å². The van der Waals surface area contributed by atoms with Gasteiger partial charge < -0.3 is 20.1 Å². The van der Waals surface area contributed by atoms with Gasteiger partial charge in [0.05, 0.1) is 26.3 Å². The largest absolute Gasteiger partial charge is 0.497 e. The van der Waals surface area contributed by atoms with Crippen molar-refractivity contribution in [3.8, 4) is 11.5 Å². The molecule has 5 nitrogen and oxygen atoms in total. The number of primary amides is 1. The molecule has 1 heterocycles. The molecule has 1 unspecified atom stereocenters. The number of methoxy groups -OCH3 is 2. The number of nitrogens with two attached hydrogens (primary N) is 1. The Morgan fingerprint density at radius 1 is 1.40 bits per heavy atom. The first kappa shape index (κ1) is 14.7. The van der Waals surface area contributed by atoms with Gasteiger partial charge in [-0.1, -0.05) is 0 Å². The van der Waals surface area contributed by atoms with E-state index in [4.69, 9.17) is 15.2 Å². The van der Waals surface area contributed by atoms with Crippen LogP contribution in [0.3, 0.4) is 0 Å². The quantitative estimate of drug-likeness (QED) is 0.814. The number of likely N-dealkylation sites (tertiary alicyclic amines) is 1. The first-order valence-electron chi connectivity index (χ1n) is 6.95. The van der Waals surface area contributed by atoms with Gasteiger partial charge in [0.25, 0.3) is 5.91 Å². The minimum atomic E-state index is -0.256. The van der Waals surface area contributed by atoms with E-state index in [0.717, 1.165) is 36.4 Å². The highest BCUT2D eigenvalue weighted by Crippen LogP contribution is 2.31. The lowest BCUT2D eigenvalue weighted by atomic mass is 10.0. The van der Waals surface area contributed by atoms with Crippen LogP contribution in [0.4, 0.5) is 0 Å². The van der Waals surface area contributed by atoms with E-state index >= 15 is 0 Å². The van der Waals surface area contributed by atoms with Gasteiger partial charge in [-0.05, 0) is 25.1 Å². The van der Waals surface area contributed by atoms with Crippen molar-refractivity contribution >= 4 is 5.91 Å². The molecule has 1 aromatic carbocycles. The molecule has 0 bridgehead atoms. The molecule has 1 fully saturated rings. The van der Waals surface area contributed by atoms with Gasteiger partial charge in [-0.25, -0.2) is 0 Å². The fourth-order valence-electron chi connectivity index (χ4n) is 3.04. The average molecular weight is 279 g/mol. The lowest BCUT2D eigenvalue weighted by Crippen LogP contribution is -3.15. The SMILES string of the molecule is COc1ccc(OC)c([C@H]2CCC[NH+]2[C@H](C)C(N)=O)c1. The van der Waals surface area contributed by atoms with Crippen molar-refractivity contribution in [2.24, 2.45) is 5.73 Å². The molecule has 0 aromatic heterocycles. The summed E-state index contributed by atoms with van der Waals surface area (Å²) >= 11 is 0. The number of quaternary nitrogens is 1. The number of hydrogen-bond donors (Lipinski definition) is 2. The fourth-order valence-corrected chi connectivity index (χ4v) is 3.04. The van der Waals surface area contributed by atoms with E-state index in [2.05, 4.69) is 0 Å². The number of benzene rings is 1. The molecule has 1 saturated heterocycles. The van der Waals surface area contributed by atoms with Crippen LogP contribution in [0, 0.1) is 0 Å². The maximum atomic E-state index is 11.5. The van der Waals surface area contributed by atoms with Crippen molar-refractivity contribution in [2.45, 2.75) is 31.8 Å². The van der Waals surface area contributed by atoms with Gasteiger partial charge in [-0.3, -0.25) is 4.79 Å². The summed E-state index contributed by atoms with van der Waals surface area (Å²) in [4.78, 5) is 12.7. The lowest BCUT2D eigenvalue weighted by Gasteiger charge is -2.27. The topological polar surface area (TPSA) is 66.0 Å². The Bertz CT molecular complexity index is 490. The molecule has 0 spiro atoms. The van der Waals surface area contributed by atoms with E-state index in [-0.39, 0.29) is 18.0 Å². The number of nitrogens with one attached hydrogen (secondary N) is 1. The smallest absolute Gasteiger partial charge is 0.275 e. The van der Waals surface area contributed by atoms with E-state index in [0.29, 0.717) is 0 Å². The van der Waals surface area contributed by atoms with Gasteiger partial charge in [-0.15, -0.1) is 0 Å². The Morgan fingerprint density at radius 3 is 2.75 bits per heavy atom. The standard InChI is InChI=1S/C15H22N2O3/c1-10(15(16)18)17-8-4-5-13(17)12-9-11(19-2)6-7-14(12)20-3/h6-7,9-10,13H,4-5,8H2,1-3H3,(H2,16,18)/p+1/t10-,13-/m1/s1. The summed E-state index contributed by atoms with van der Waals surface area (Å²) in [6.07, 6.45) is 2.11. The van der Waals surface area contributed by atoms with Crippen molar-refractivity contribution in [3.05, 3.63) is 23.8 Å². The summed E-state index contributed by atoms with van der Waals surface area (Å²) in [5, 5.41) is 0. The average Bonchev–Trinajstić information content (AvgIpc) is 2.94. The Kier molecular flexibility index (Phi) is 4.49. The number of hydrogen-bond acceptors (Lipinski definition) is 3. The van der Waals surface area contributed by atoms with Crippen LogP contribution in [-0.2, 0) is 4.79 Å². The molecule has 5 heteroatoms. The zero-order chi connectivity index (χ0) is 14.7. The molecular weight excluding hydrogens is 256 g/mol. The number of ether oxygens (including phenoxy) is 2. The third kappa shape index (κ3) is 2.72. The summed E-state index contributed by atoms with van der Waals surface area (Å²) in [5.41, 5.74) is 6.56. The Balaban J connectivity index is 2.35. The summed E-state index contributed by atoms with van der Waals surface area (Å²) in [7, 11) is 3.31. The van der Waals surface area contributed by atoms with Crippen LogP contribution in [0.1, 0.15) is 31.4 Å². The minimum Gasteiger partial charge on any atom is -0.497 e. The molecule has 1 aliphatic heterocycles. The molecule has 110 valence electrons. The van der Waals surface area contributed by atoms with Gasteiger partial charge in [0, 0.05) is 12.8 Å². The first-order valence-corrected chi connectivity index (χ1v) is 6.95. The van der Waals surface area contributed by atoms with Gasteiger partial charge in [0.2, 0.25) is 0 Å². The molecule has 0 saturated carbocycles. The third-order valence-electron chi connectivity index (χ3n) is 4.20. The second-order valence-electron chi connectivity index (χ2n) is 5.25. The Labute approximate surface area is 119 Å². The Morgan fingerprint density at radius 2 is 2.15 bits per heavy atom. The highest BCUT2D eigenvalue weighted by molar-refractivity contribution is 5.77. The van der Waals surface area contributed by atoms with E-state index < -0.39 is 0 Å². The predicted octanol–water partition coefficient (Wildman–Crippen LogP) is 0.297. The molecule has 1 aliphatic rings. The fraction of sp³-hybridized carbons (Fsp3) is 0.533. The van der Waals surface area contributed by atoms with Crippen LogP contribution in [0.2, 0.25) is 0 Å². The number of amides is 1. The molecule has 0 radical (unpaired) electrons. The zero-order valence-electron chi connectivity index (χ0n) is 12.3. The maximum absolute atomic E-state index is 11.5. The first-order chi connectivity index (χ1) is 9.58. The van der Waals surface area contributed by atoms with Crippen LogP contribution < -0.4 is 20.1 Å². The molecule has 2 rings (SSSR count). The van der Waals surface area contributed by atoms with Gasteiger partial charge in [0.1, 0.15) is 17.5 Å². The molecule has 1 amide bonds. The molecule has 0 aliphatic carbocycles. The third-order valence-corrected chi connectivity index (χ3v) is 4.20. The monoisotopic (exact) mass is 279 g/mol. The minimum absolute atomic E-state index is 0.196. The lowest BCUT2D eigenvalue weighted by molar-refractivity contribution is -0.932. The van der Waals surface area contributed by atoms with Gasteiger partial charge >= 0.3 is 0 Å². The van der Waals surface area contributed by atoms with E-state index in [1.807, 2.05) is 25.1 Å². The molecular formula is C15H23N2O3+. The van der Waals surface area contributed by atoms with Crippen LogP contribution in [0.5, 0.6) is 11.5 Å². The van der Waals surface area contributed by atoms with Crippen molar-refractivity contribution in [3.63, 3.8) is 0 Å². The molecule has 3 N–H and O–H groups in total. The highest BCUT2D eigenvalue weighted by Gasteiger charge is 2.37. The summed E-state index contributed by atoms with van der Waals surface area (Å²) in [6.45, 7) is 2.85. The number of carbonyl (C=O) groups is 1. The maximum Gasteiger partial charge on any atom is 0.275 e. The zero-order valence-corrected chi connectivity index (χ0v) is 12.3. The van der Waals surface area contributed by atoms with Gasteiger partial charge in [0.15, 0.2) is 6.04 Å². The van der Waals surface area contributed by atoms with Crippen LogP contribution in [0.25, 0.3) is 0 Å². The van der Waals surface area contributed by atoms with E-state index in [1.165, 1.54) is 4.90 Å². The van der Waals surface area contributed by atoms with Crippen molar-refractivity contribution in [1.29, 1.82) is 0 Å². The summed E-state index contributed by atoms with van der Waals surface area (Å²) < 4.78 is 10.8. The van der Waals surface area contributed by atoms with Crippen LogP contribution >= 0.6 is 0 Å². The molecule has 3 atom stereocenters. The summed E-state index contributed by atoms with van der Waals surface area (Å²) in [5.74, 6) is 1.39. The predicted molar refractivity (Wildman–Crippen MR) is 76.0 cm³/mol. The Hall–Kier alpha value is -1.75. The molecule has 20 heavy (non-hydrogen) atoms. The normalized spacial score (nSPS) is 23.4. The van der Waals surface area contributed by atoms with Crippen molar-refractivity contribution in [1.82, 2.24) is 0 Å².